The Balaban J connectivity index is 1.50. The maximum Gasteiger partial charge on any atom is 0.573 e. The lowest BCUT2D eigenvalue weighted by Gasteiger charge is -2.29. The quantitative estimate of drug-likeness (QED) is 0.471. The maximum atomic E-state index is 12.8. The third kappa shape index (κ3) is 6.94. The number of benzene rings is 3. The van der Waals surface area contributed by atoms with Gasteiger partial charge in [-0.25, -0.2) is 0 Å². The van der Waals surface area contributed by atoms with Gasteiger partial charge in [0.1, 0.15) is 5.75 Å². The fraction of sp³-hybridized carbons (Fsp3) is 0.276. The average Bonchev–Trinajstić information content (AvgIpc) is 3.36. The highest BCUT2D eigenvalue weighted by Gasteiger charge is 2.32. The molecule has 0 aliphatic carbocycles. The highest BCUT2D eigenvalue weighted by atomic mass is 19.4. The van der Waals surface area contributed by atoms with Gasteiger partial charge in [-0.3, -0.25) is 14.5 Å². The van der Waals surface area contributed by atoms with E-state index < -0.39 is 12.1 Å². The molecule has 10 heteroatoms. The molecule has 1 aliphatic rings. The monoisotopic (exact) mass is 536 g/mol. The molecule has 0 saturated carbocycles. The number of alkyl halides is 3. The molecule has 0 spiro atoms. The summed E-state index contributed by atoms with van der Waals surface area (Å²) in [6, 6.07) is 21.3. The van der Waals surface area contributed by atoms with E-state index in [4.69, 9.17) is 0 Å². The van der Waals surface area contributed by atoms with E-state index in [1.165, 1.54) is 17.0 Å². The van der Waals surface area contributed by atoms with Gasteiger partial charge in [0, 0.05) is 44.4 Å². The molecule has 1 fully saturated rings. The van der Waals surface area contributed by atoms with E-state index >= 15 is 0 Å². The van der Waals surface area contributed by atoms with E-state index in [1.54, 1.807) is 38.4 Å². The van der Waals surface area contributed by atoms with E-state index in [9.17, 15) is 28.0 Å². The molecule has 1 unspecified atom stereocenters. The van der Waals surface area contributed by atoms with Crippen LogP contribution in [-0.4, -0.2) is 61.2 Å². The standard InChI is InChI=1S/C29H27F3N4O3/c1-35(2)28(38)23-9-7-21(8-10-23)26(20-5-3-19(17-33)4-6-20)36-16-15-24(18-36)34-27(37)22-11-13-25(14-12-22)39-29(30,31)32/h3-14,24,26H,15-16,18H2,1-2H3,(H,34,37)/t24-,26?/m1/s1. The minimum atomic E-state index is -4.80. The molecule has 1 saturated heterocycles. The van der Waals surface area contributed by atoms with Crippen molar-refractivity contribution in [2.45, 2.75) is 24.9 Å². The number of ether oxygens (including phenoxy) is 1. The molecule has 1 N–H and O–H groups in total. The molecule has 1 heterocycles. The number of hydrogen-bond donors (Lipinski definition) is 1. The number of halogens is 3. The van der Waals surface area contributed by atoms with E-state index in [0.29, 0.717) is 30.6 Å². The predicted octanol–water partition coefficient (Wildman–Crippen LogP) is 4.75. The number of hydrogen-bond acceptors (Lipinski definition) is 5. The van der Waals surface area contributed by atoms with Gasteiger partial charge in [0.25, 0.3) is 11.8 Å². The zero-order valence-corrected chi connectivity index (χ0v) is 21.4. The highest BCUT2D eigenvalue weighted by Crippen LogP contribution is 2.32. The van der Waals surface area contributed by atoms with Crippen LogP contribution >= 0.6 is 0 Å². The normalized spacial score (nSPS) is 16.3. The van der Waals surface area contributed by atoms with Crippen LogP contribution in [0.4, 0.5) is 13.2 Å². The number of nitrogens with zero attached hydrogens (tertiary/aromatic N) is 3. The predicted molar refractivity (Wildman–Crippen MR) is 138 cm³/mol. The van der Waals surface area contributed by atoms with Gasteiger partial charge in [-0.2, -0.15) is 5.26 Å². The molecule has 7 nitrogen and oxygen atoms in total. The van der Waals surface area contributed by atoms with Crippen molar-refractivity contribution in [3.8, 4) is 11.8 Å². The smallest absolute Gasteiger partial charge is 0.406 e. The lowest BCUT2D eigenvalue weighted by molar-refractivity contribution is -0.274. The zero-order valence-electron chi connectivity index (χ0n) is 21.4. The van der Waals surface area contributed by atoms with Crippen molar-refractivity contribution < 1.29 is 27.5 Å². The second-order valence-corrected chi connectivity index (χ2v) is 9.48. The van der Waals surface area contributed by atoms with Crippen molar-refractivity contribution in [1.82, 2.24) is 15.1 Å². The van der Waals surface area contributed by atoms with E-state index in [2.05, 4.69) is 21.0 Å². The molecule has 0 aromatic heterocycles. The Morgan fingerprint density at radius 2 is 1.54 bits per heavy atom. The summed E-state index contributed by atoms with van der Waals surface area (Å²) in [7, 11) is 3.39. The van der Waals surface area contributed by atoms with Crippen LogP contribution in [0.1, 0.15) is 49.9 Å². The van der Waals surface area contributed by atoms with Crippen molar-refractivity contribution in [1.29, 1.82) is 5.26 Å². The van der Waals surface area contributed by atoms with Gasteiger partial charge in [-0.1, -0.05) is 24.3 Å². The first kappa shape index (κ1) is 27.7. The third-order valence-corrected chi connectivity index (χ3v) is 6.51. The average molecular weight is 537 g/mol. The summed E-state index contributed by atoms with van der Waals surface area (Å²) in [5.74, 6) is -0.880. The number of carbonyl (C=O) groups excluding carboxylic acids is 2. The van der Waals surface area contributed by atoms with Gasteiger partial charge < -0.3 is 15.0 Å². The fourth-order valence-corrected chi connectivity index (χ4v) is 4.64. The van der Waals surface area contributed by atoms with Crippen LogP contribution in [0, 0.1) is 11.3 Å². The highest BCUT2D eigenvalue weighted by molar-refractivity contribution is 5.94. The van der Waals surface area contributed by atoms with Gasteiger partial charge in [0.15, 0.2) is 0 Å². The summed E-state index contributed by atoms with van der Waals surface area (Å²) in [4.78, 5) is 28.9. The Hall–Kier alpha value is -4.36. The van der Waals surface area contributed by atoms with Gasteiger partial charge >= 0.3 is 6.36 Å². The summed E-state index contributed by atoms with van der Waals surface area (Å²) in [6.45, 7) is 1.20. The third-order valence-electron chi connectivity index (χ3n) is 6.51. The van der Waals surface area contributed by atoms with Crippen LogP contribution in [0.3, 0.4) is 0 Å². The molecule has 2 amide bonds. The SMILES string of the molecule is CN(C)C(=O)c1ccc(C(c2ccc(C#N)cc2)N2CC[C@@H](NC(=O)c3ccc(OC(F)(F)F)cc3)C2)cc1. The molecule has 4 rings (SSSR count). The second kappa shape index (κ2) is 11.6. The molecule has 0 radical (unpaired) electrons. The lowest BCUT2D eigenvalue weighted by Crippen LogP contribution is -2.38. The Kier molecular flexibility index (Phi) is 8.21. The van der Waals surface area contributed by atoms with Gasteiger partial charge in [-0.05, 0) is 66.1 Å². The minimum absolute atomic E-state index is 0.0987. The van der Waals surface area contributed by atoms with Crippen molar-refractivity contribution >= 4 is 11.8 Å². The number of likely N-dealkylation sites (tertiary alicyclic amines) is 1. The van der Waals surface area contributed by atoms with Crippen molar-refractivity contribution in [2.75, 3.05) is 27.2 Å². The van der Waals surface area contributed by atoms with Crippen molar-refractivity contribution in [3.63, 3.8) is 0 Å². The van der Waals surface area contributed by atoms with E-state index in [0.717, 1.165) is 23.3 Å². The Morgan fingerprint density at radius 3 is 2.08 bits per heavy atom. The molecule has 202 valence electrons. The van der Waals surface area contributed by atoms with Crippen LogP contribution in [-0.2, 0) is 0 Å². The van der Waals surface area contributed by atoms with Crippen molar-refractivity contribution in [2.24, 2.45) is 0 Å². The second-order valence-electron chi connectivity index (χ2n) is 9.48. The summed E-state index contributed by atoms with van der Waals surface area (Å²) >= 11 is 0. The number of nitrogens with one attached hydrogen (secondary N) is 1. The van der Waals surface area contributed by atoms with Crippen LogP contribution in [0.2, 0.25) is 0 Å². The molecule has 1 aliphatic heterocycles. The zero-order chi connectivity index (χ0) is 28.2. The van der Waals surface area contributed by atoms with Crippen LogP contribution < -0.4 is 10.1 Å². The first-order valence-corrected chi connectivity index (χ1v) is 12.3. The van der Waals surface area contributed by atoms with Gasteiger partial charge in [0.05, 0.1) is 17.7 Å². The number of amides is 2. The first-order valence-electron chi connectivity index (χ1n) is 12.3. The molecular formula is C29H27F3N4O3. The van der Waals surface area contributed by atoms with Crippen LogP contribution in [0.15, 0.2) is 72.8 Å². The summed E-state index contributed by atoms with van der Waals surface area (Å²) in [5.41, 5.74) is 3.27. The Bertz CT molecular complexity index is 1350. The van der Waals surface area contributed by atoms with Gasteiger partial charge in [-0.15, -0.1) is 13.2 Å². The molecule has 3 aromatic rings. The van der Waals surface area contributed by atoms with Crippen molar-refractivity contribution in [3.05, 3.63) is 101 Å². The molecule has 3 aromatic carbocycles. The topological polar surface area (TPSA) is 85.7 Å². The van der Waals surface area contributed by atoms with Crippen LogP contribution in [0.25, 0.3) is 0 Å². The number of nitriles is 1. The fourth-order valence-electron chi connectivity index (χ4n) is 4.64. The summed E-state index contributed by atoms with van der Waals surface area (Å²) < 4.78 is 41.1. The van der Waals surface area contributed by atoms with Crippen LogP contribution in [0.5, 0.6) is 5.75 Å². The number of rotatable bonds is 7. The minimum Gasteiger partial charge on any atom is -0.406 e. The summed E-state index contributed by atoms with van der Waals surface area (Å²) in [5, 5.41) is 12.2. The lowest BCUT2D eigenvalue weighted by atomic mass is 9.95. The van der Waals surface area contributed by atoms with E-state index in [-0.39, 0.29) is 29.5 Å². The van der Waals surface area contributed by atoms with Gasteiger partial charge in [0.2, 0.25) is 0 Å². The van der Waals surface area contributed by atoms with E-state index in [1.807, 2.05) is 24.3 Å². The Morgan fingerprint density at radius 1 is 0.974 bits per heavy atom. The Labute approximate surface area is 224 Å². The largest absolute Gasteiger partial charge is 0.573 e. The first-order chi connectivity index (χ1) is 18.5. The number of carbonyl (C=O) groups is 2. The molecule has 0 bridgehead atoms. The maximum absolute atomic E-state index is 12.8. The summed E-state index contributed by atoms with van der Waals surface area (Å²) in [6.07, 6.45) is -4.13. The molecule has 2 atom stereocenters. The molecular weight excluding hydrogens is 509 g/mol. The molecule has 39 heavy (non-hydrogen) atoms.